The van der Waals surface area contributed by atoms with Gasteiger partial charge in [0.1, 0.15) is 0 Å². The standard InChI is InChI=1S/C9H17NO3/c1-2-11-5-8(1)10-9-6-12-3-4-13-7-9/h8-10H,1-7H2. The van der Waals surface area contributed by atoms with Crippen molar-refractivity contribution in [2.75, 3.05) is 39.6 Å². The van der Waals surface area contributed by atoms with Crippen molar-refractivity contribution in [2.45, 2.75) is 18.5 Å². The van der Waals surface area contributed by atoms with Gasteiger partial charge >= 0.3 is 0 Å². The van der Waals surface area contributed by atoms with Gasteiger partial charge in [0, 0.05) is 12.6 Å². The minimum atomic E-state index is 0.342. The minimum absolute atomic E-state index is 0.342. The zero-order valence-electron chi connectivity index (χ0n) is 7.83. The first-order valence-electron chi connectivity index (χ1n) is 4.94. The number of rotatable bonds is 2. The summed E-state index contributed by atoms with van der Waals surface area (Å²) in [5.74, 6) is 0. The molecule has 4 nitrogen and oxygen atoms in total. The van der Waals surface area contributed by atoms with E-state index in [0.717, 1.165) is 46.1 Å². The molecule has 1 atom stereocenters. The predicted octanol–water partition coefficient (Wildman–Crippen LogP) is -0.220. The Kier molecular flexibility index (Phi) is 3.55. The minimum Gasteiger partial charge on any atom is -0.380 e. The summed E-state index contributed by atoms with van der Waals surface area (Å²) in [4.78, 5) is 0. The number of ether oxygens (including phenoxy) is 3. The Bertz CT molecular complexity index is 140. The van der Waals surface area contributed by atoms with E-state index in [-0.39, 0.29) is 0 Å². The van der Waals surface area contributed by atoms with Gasteiger partial charge in [-0.15, -0.1) is 0 Å². The molecule has 4 heteroatoms. The molecule has 2 rings (SSSR count). The summed E-state index contributed by atoms with van der Waals surface area (Å²) in [7, 11) is 0. The van der Waals surface area contributed by atoms with E-state index in [0.29, 0.717) is 12.1 Å². The van der Waals surface area contributed by atoms with Crippen LogP contribution in [0.25, 0.3) is 0 Å². The fourth-order valence-corrected chi connectivity index (χ4v) is 1.71. The lowest BCUT2D eigenvalue weighted by Gasteiger charge is -2.19. The molecule has 2 aliphatic rings. The summed E-state index contributed by atoms with van der Waals surface area (Å²) in [5, 5.41) is 3.48. The average molecular weight is 187 g/mol. The molecule has 0 aliphatic carbocycles. The van der Waals surface area contributed by atoms with Crippen molar-refractivity contribution >= 4 is 0 Å². The third-order valence-corrected chi connectivity index (χ3v) is 2.41. The third kappa shape index (κ3) is 2.91. The summed E-state index contributed by atoms with van der Waals surface area (Å²) < 4.78 is 16.1. The molecule has 0 aromatic heterocycles. The van der Waals surface area contributed by atoms with Gasteiger partial charge in [0.05, 0.1) is 39.1 Å². The summed E-state index contributed by atoms with van der Waals surface area (Å²) in [6, 6.07) is 0.837. The van der Waals surface area contributed by atoms with Crippen LogP contribution in [0.2, 0.25) is 0 Å². The lowest BCUT2D eigenvalue weighted by molar-refractivity contribution is 0.103. The molecule has 0 bridgehead atoms. The molecule has 13 heavy (non-hydrogen) atoms. The van der Waals surface area contributed by atoms with Crippen LogP contribution in [0.15, 0.2) is 0 Å². The topological polar surface area (TPSA) is 39.7 Å². The Hall–Kier alpha value is -0.160. The highest BCUT2D eigenvalue weighted by Crippen LogP contribution is 2.05. The van der Waals surface area contributed by atoms with Gasteiger partial charge in [-0.05, 0) is 6.42 Å². The van der Waals surface area contributed by atoms with Crippen LogP contribution >= 0.6 is 0 Å². The van der Waals surface area contributed by atoms with E-state index in [4.69, 9.17) is 14.2 Å². The van der Waals surface area contributed by atoms with Crippen LogP contribution < -0.4 is 5.32 Å². The number of hydrogen-bond donors (Lipinski definition) is 1. The largest absolute Gasteiger partial charge is 0.380 e. The normalized spacial score (nSPS) is 31.8. The monoisotopic (exact) mass is 187 g/mol. The Morgan fingerprint density at radius 3 is 2.00 bits per heavy atom. The summed E-state index contributed by atoms with van der Waals surface area (Å²) in [6.45, 7) is 4.67. The second kappa shape index (κ2) is 4.91. The fourth-order valence-electron chi connectivity index (χ4n) is 1.71. The van der Waals surface area contributed by atoms with Crippen molar-refractivity contribution in [1.82, 2.24) is 5.32 Å². The van der Waals surface area contributed by atoms with Gasteiger partial charge in [0.15, 0.2) is 0 Å². The van der Waals surface area contributed by atoms with Crippen LogP contribution in [0.5, 0.6) is 0 Å². The van der Waals surface area contributed by atoms with Gasteiger partial charge < -0.3 is 19.5 Å². The fraction of sp³-hybridized carbons (Fsp3) is 1.00. The maximum atomic E-state index is 5.39. The number of hydrogen-bond acceptors (Lipinski definition) is 4. The van der Waals surface area contributed by atoms with E-state index in [1.807, 2.05) is 0 Å². The first kappa shape index (κ1) is 9.40. The van der Waals surface area contributed by atoms with Gasteiger partial charge in [-0.1, -0.05) is 0 Å². The van der Waals surface area contributed by atoms with Crippen molar-refractivity contribution in [2.24, 2.45) is 0 Å². The molecule has 2 saturated heterocycles. The molecule has 2 heterocycles. The zero-order chi connectivity index (χ0) is 8.93. The smallest absolute Gasteiger partial charge is 0.0701 e. The Balaban J connectivity index is 1.71. The molecule has 2 fully saturated rings. The van der Waals surface area contributed by atoms with Crippen molar-refractivity contribution in [3.05, 3.63) is 0 Å². The predicted molar refractivity (Wildman–Crippen MR) is 47.8 cm³/mol. The first-order chi connectivity index (χ1) is 6.45. The molecule has 2 aliphatic heterocycles. The Morgan fingerprint density at radius 2 is 1.38 bits per heavy atom. The highest BCUT2D eigenvalue weighted by Gasteiger charge is 2.20. The summed E-state index contributed by atoms with van der Waals surface area (Å²) in [5.41, 5.74) is 0. The second-order valence-electron chi connectivity index (χ2n) is 3.57. The maximum Gasteiger partial charge on any atom is 0.0701 e. The second-order valence-corrected chi connectivity index (χ2v) is 3.57. The van der Waals surface area contributed by atoms with E-state index in [9.17, 15) is 0 Å². The Morgan fingerprint density at radius 1 is 0.769 bits per heavy atom. The van der Waals surface area contributed by atoms with E-state index in [1.54, 1.807) is 0 Å². The van der Waals surface area contributed by atoms with Gasteiger partial charge in [-0.25, -0.2) is 0 Å². The molecule has 0 amide bonds. The van der Waals surface area contributed by atoms with E-state index >= 15 is 0 Å². The van der Waals surface area contributed by atoms with Crippen LogP contribution in [0.3, 0.4) is 0 Å². The van der Waals surface area contributed by atoms with E-state index in [1.165, 1.54) is 0 Å². The van der Waals surface area contributed by atoms with Crippen LogP contribution in [0.1, 0.15) is 6.42 Å². The lowest BCUT2D eigenvalue weighted by atomic mass is 10.2. The van der Waals surface area contributed by atoms with E-state index in [2.05, 4.69) is 5.32 Å². The molecule has 1 unspecified atom stereocenters. The van der Waals surface area contributed by atoms with E-state index < -0.39 is 0 Å². The molecule has 0 spiro atoms. The zero-order valence-corrected chi connectivity index (χ0v) is 7.83. The highest BCUT2D eigenvalue weighted by atomic mass is 16.5. The molecule has 1 N–H and O–H groups in total. The van der Waals surface area contributed by atoms with Crippen LogP contribution in [0.4, 0.5) is 0 Å². The SMILES string of the molecule is C1CC(NC2COCCOC2)CO1. The lowest BCUT2D eigenvalue weighted by Crippen LogP contribution is -2.43. The van der Waals surface area contributed by atoms with Crippen molar-refractivity contribution in [1.29, 1.82) is 0 Å². The molecule has 0 aromatic carbocycles. The van der Waals surface area contributed by atoms with Crippen molar-refractivity contribution in [3.8, 4) is 0 Å². The van der Waals surface area contributed by atoms with Gasteiger partial charge in [-0.3, -0.25) is 0 Å². The third-order valence-electron chi connectivity index (χ3n) is 2.41. The van der Waals surface area contributed by atoms with Crippen LogP contribution in [-0.4, -0.2) is 51.7 Å². The Labute approximate surface area is 78.5 Å². The molecular weight excluding hydrogens is 170 g/mol. The molecule has 0 radical (unpaired) electrons. The summed E-state index contributed by atoms with van der Waals surface area (Å²) in [6.07, 6.45) is 1.11. The molecule has 76 valence electrons. The van der Waals surface area contributed by atoms with Crippen LogP contribution in [0, 0.1) is 0 Å². The van der Waals surface area contributed by atoms with Gasteiger partial charge in [-0.2, -0.15) is 0 Å². The molecule has 0 aromatic rings. The van der Waals surface area contributed by atoms with Crippen LogP contribution in [-0.2, 0) is 14.2 Å². The van der Waals surface area contributed by atoms with Crippen molar-refractivity contribution < 1.29 is 14.2 Å². The van der Waals surface area contributed by atoms with Gasteiger partial charge in [0.2, 0.25) is 0 Å². The first-order valence-corrected chi connectivity index (χ1v) is 4.94. The molecular formula is C9H17NO3. The number of nitrogens with one attached hydrogen (secondary N) is 1. The van der Waals surface area contributed by atoms with Gasteiger partial charge in [0.25, 0.3) is 0 Å². The average Bonchev–Trinajstić information content (AvgIpc) is 2.49. The quantitative estimate of drug-likeness (QED) is 0.649. The maximum absolute atomic E-state index is 5.39. The molecule has 0 saturated carbocycles. The van der Waals surface area contributed by atoms with Crippen molar-refractivity contribution in [3.63, 3.8) is 0 Å². The highest BCUT2D eigenvalue weighted by molar-refractivity contribution is 4.77. The summed E-state index contributed by atoms with van der Waals surface area (Å²) >= 11 is 0.